The highest BCUT2D eigenvalue weighted by atomic mass is 35.5. The maximum atomic E-state index is 12.0. The molecule has 1 unspecified atom stereocenters. The third-order valence-electron chi connectivity index (χ3n) is 3.04. The van der Waals surface area contributed by atoms with E-state index >= 15 is 0 Å². The normalized spacial score (nSPS) is 12.2. The fourth-order valence-electron chi connectivity index (χ4n) is 1.83. The second-order valence-electron chi connectivity index (χ2n) is 4.54. The monoisotopic (exact) mass is 294 g/mol. The van der Waals surface area contributed by atoms with E-state index in [1.54, 1.807) is 12.1 Å². The quantitative estimate of drug-likeness (QED) is 0.926. The molecule has 0 aliphatic carbocycles. The predicted octanol–water partition coefficient (Wildman–Crippen LogP) is 1.31. The van der Waals surface area contributed by atoms with Crippen LogP contribution in [0.3, 0.4) is 0 Å². The fraction of sp³-hybridized carbons (Fsp3) is 0.308. The van der Waals surface area contributed by atoms with Crippen LogP contribution < -0.4 is 16.6 Å². The van der Waals surface area contributed by atoms with Gasteiger partial charge in [0.05, 0.1) is 6.04 Å². The summed E-state index contributed by atoms with van der Waals surface area (Å²) in [4.78, 5) is 23.5. The van der Waals surface area contributed by atoms with Gasteiger partial charge in [-0.05, 0) is 24.6 Å². The number of rotatable bonds is 3. The zero-order valence-corrected chi connectivity index (χ0v) is 12.2. The highest BCUT2D eigenvalue weighted by molar-refractivity contribution is 6.30. The first-order valence-electron chi connectivity index (χ1n) is 6.06. The molecule has 0 amide bonds. The Morgan fingerprint density at radius 2 is 1.80 bits per heavy atom. The van der Waals surface area contributed by atoms with Crippen LogP contribution in [0, 0.1) is 0 Å². The number of nitrogens with zero attached hydrogens (tertiary/aromatic N) is 3. The van der Waals surface area contributed by atoms with E-state index in [4.69, 9.17) is 11.6 Å². The van der Waals surface area contributed by atoms with Crippen LogP contribution in [0.15, 0.2) is 33.9 Å². The molecule has 0 saturated heterocycles. The number of benzene rings is 1. The zero-order valence-electron chi connectivity index (χ0n) is 11.4. The molecule has 1 aromatic heterocycles. The minimum absolute atomic E-state index is 0.134. The van der Waals surface area contributed by atoms with Crippen molar-refractivity contribution in [3.05, 3.63) is 55.7 Å². The smallest absolute Gasteiger partial charge is 0.346 e. The van der Waals surface area contributed by atoms with E-state index in [0.717, 1.165) is 14.8 Å². The van der Waals surface area contributed by atoms with Gasteiger partial charge in [0.25, 0.3) is 5.56 Å². The summed E-state index contributed by atoms with van der Waals surface area (Å²) in [6.07, 6.45) is 0. The molecular weight excluding hydrogens is 280 g/mol. The van der Waals surface area contributed by atoms with E-state index < -0.39 is 11.2 Å². The van der Waals surface area contributed by atoms with Gasteiger partial charge in [0.15, 0.2) is 0 Å². The number of anilines is 1. The molecular formula is C13H15ClN4O2. The van der Waals surface area contributed by atoms with Gasteiger partial charge in [0.1, 0.15) is 0 Å². The Balaban J connectivity index is 2.33. The minimum atomic E-state index is -0.459. The first kappa shape index (κ1) is 14.3. The third kappa shape index (κ3) is 2.75. The molecule has 1 atom stereocenters. The molecule has 1 aromatic carbocycles. The van der Waals surface area contributed by atoms with Crippen LogP contribution in [0.25, 0.3) is 0 Å². The summed E-state index contributed by atoms with van der Waals surface area (Å²) in [6.45, 7) is 1.90. The number of hydrogen-bond acceptors (Lipinski definition) is 4. The van der Waals surface area contributed by atoms with Crippen LogP contribution in [-0.2, 0) is 14.1 Å². The molecule has 7 heteroatoms. The van der Waals surface area contributed by atoms with Crippen LogP contribution >= 0.6 is 11.6 Å². The van der Waals surface area contributed by atoms with E-state index in [0.29, 0.717) is 5.02 Å². The SMILES string of the molecule is CC(Nc1nn(C)c(=O)n(C)c1=O)c1ccc(Cl)cc1. The summed E-state index contributed by atoms with van der Waals surface area (Å²) in [6, 6.07) is 7.16. The Labute approximate surface area is 120 Å². The van der Waals surface area contributed by atoms with Crippen molar-refractivity contribution in [1.82, 2.24) is 14.3 Å². The van der Waals surface area contributed by atoms with Crippen molar-refractivity contribution in [2.45, 2.75) is 13.0 Å². The minimum Gasteiger partial charge on any atom is -0.358 e. The summed E-state index contributed by atoms with van der Waals surface area (Å²) in [7, 11) is 2.92. The van der Waals surface area contributed by atoms with Crippen molar-refractivity contribution in [2.24, 2.45) is 14.1 Å². The van der Waals surface area contributed by atoms with Crippen LogP contribution in [-0.4, -0.2) is 14.3 Å². The summed E-state index contributed by atoms with van der Waals surface area (Å²) in [5.74, 6) is 0.136. The Morgan fingerprint density at radius 1 is 1.20 bits per heavy atom. The molecule has 0 aliphatic heterocycles. The molecule has 106 valence electrons. The van der Waals surface area contributed by atoms with Crippen molar-refractivity contribution in [3.8, 4) is 0 Å². The second-order valence-corrected chi connectivity index (χ2v) is 4.97. The Morgan fingerprint density at radius 3 is 2.40 bits per heavy atom. The van der Waals surface area contributed by atoms with E-state index in [2.05, 4.69) is 10.4 Å². The van der Waals surface area contributed by atoms with E-state index in [1.165, 1.54) is 14.1 Å². The van der Waals surface area contributed by atoms with Gasteiger partial charge in [-0.3, -0.25) is 9.36 Å². The molecule has 0 bridgehead atoms. The number of hydrogen-bond donors (Lipinski definition) is 1. The molecule has 2 rings (SSSR count). The van der Waals surface area contributed by atoms with Crippen molar-refractivity contribution < 1.29 is 0 Å². The van der Waals surface area contributed by atoms with Crippen molar-refractivity contribution in [2.75, 3.05) is 5.32 Å². The van der Waals surface area contributed by atoms with Crippen LogP contribution in [0.4, 0.5) is 5.82 Å². The van der Waals surface area contributed by atoms with Gasteiger partial charge in [-0.15, -0.1) is 5.10 Å². The summed E-state index contributed by atoms with van der Waals surface area (Å²) >= 11 is 5.84. The predicted molar refractivity (Wildman–Crippen MR) is 78.2 cm³/mol. The Hall–Kier alpha value is -2.08. The molecule has 0 aliphatic rings. The molecule has 1 heterocycles. The van der Waals surface area contributed by atoms with E-state index in [-0.39, 0.29) is 11.9 Å². The molecule has 0 spiro atoms. The lowest BCUT2D eigenvalue weighted by molar-refractivity contribution is 0.601. The summed E-state index contributed by atoms with van der Waals surface area (Å²) in [5.41, 5.74) is 0.0562. The number of halogens is 1. The van der Waals surface area contributed by atoms with Crippen molar-refractivity contribution in [1.29, 1.82) is 0 Å². The van der Waals surface area contributed by atoms with Gasteiger partial charge in [-0.1, -0.05) is 23.7 Å². The number of aryl methyl sites for hydroxylation is 1. The first-order chi connectivity index (χ1) is 9.40. The van der Waals surface area contributed by atoms with E-state index in [9.17, 15) is 9.59 Å². The van der Waals surface area contributed by atoms with Gasteiger partial charge in [-0.2, -0.15) is 0 Å². The second kappa shape index (κ2) is 5.50. The number of nitrogens with one attached hydrogen (secondary N) is 1. The lowest BCUT2D eigenvalue weighted by Crippen LogP contribution is -2.40. The van der Waals surface area contributed by atoms with Crippen LogP contribution in [0.2, 0.25) is 5.02 Å². The van der Waals surface area contributed by atoms with E-state index in [1.807, 2.05) is 19.1 Å². The van der Waals surface area contributed by atoms with Gasteiger partial charge in [-0.25, -0.2) is 9.48 Å². The maximum absolute atomic E-state index is 12.0. The Kier molecular flexibility index (Phi) is 3.94. The van der Waals surface area contributed by atoms with Crippen molar-refractivity contribution in [3.63, 3.8) is 0 Å². The van der Waals surface area contributed by atoms with Crippen molar-refractivity contribution >= 4 is 17.4 Å². The maximum Gasteiger partial charge on any atom is 0.346 e. The average Bonchev–Trinajstić information content (AvgIpc) is 2.43. The van der Waals surface area contributed by atoms with Gasteiger partial charge >= 0.3 is 5.69 Å². The highest BCUT2D eigenvalue weighted by Gasteiger charge is 2.12. The standard InChI is InChI=1S/C13H15ClN4O2/c1-8(9-4-6-10(14)7-5-9)15-11-12(19)17(2)13(20)18(3)16-11/h4-8H,1-3H3,(H,15,16). The number of aromatic nitrogens is 3. The lowest BCUT2D eigenvalue weighted by Gasteiger charge is -2.15. The van der Waals surface area contributed by atoms with Crippen LogP contribution in [0.5, 0.6) is 0 Å². The summed E-state index contributed by atoms with van der Waals surface area (Å²) in [5, 5.41) is 7.61. The van der Waals surface area contributed by atoms with Gasteiger partial charge in [0, 0.05) is 19.1 Å². The molecule has 0 fully saturated rings. The molecule has 0 radical (unpaired) electrons. The largest absolute Gasteiger partial charge is 0.358 e. The fourth-order valence-corrected chi connectivity index (χ4v) is 1.95. The summed E-state index contributed by atoms with van der Waals surface area (Å²) < 4.78 is 2.14. The average molecular weight is 295 g/mol. The molecule has 20 heavy (non-hydrogen) atoms. The highest BCUT2D eigenvalue weighted by Crippen LogP contribution is 2.18. The zero-order chi connectivity index (χ0) is 14.9. The van der Waals surface area contributed by atoms with Gasteiger partial charge < -0.3 is 5.32 Å². The van der Waals surface area contributed by atoms with Crippen LogP contribution in [0.1, 0.15) is 18.5 Å². The first-order valence-corrected chi connectivity index (χ1v) is 6.44. The molecule has 0 saturated carbocycles. The topological polar surface area (TPSA) is 68.9 Å². The van der Waals surface area contributed by atoms with Gasteiger partial charge in [0.2, 0.25) is 5.82 Å². The molecule has 1 N–H and O–H groups in total. The third-order valence-corrected chi connectivity index (χ3v) is 3.30. The Bertz CT molecular complexity index is 734. The molecule has 6 nitrogen and oxygen atoms in total. The lowest BCUT2D eigenvalue weighted by atomic mass is 10.1. The molecule has 2 aromatic rings.